The predicted octanol–water partition coefficient (Wildman–Crippen LogP) is 6.13. The second-order valence-electron chi connectivity index (χ2n) is 9.13. The molecular weight excluding hydrogens is 382 g/mol. The third-order valence-corrected chi connectivity index (χ3v) is 7.24. The Morgan fingerprint density at radius 1 is 1.13 bits per heavy atom. The Labute approximate surface area is 184 Å². The van der Waals surface area contributed by atoms with E-state index in [0.29, 0.717) is 5.92 Å². The molecule has 2 atom stereocenters. The minimum Gasteiger partial charge on any atom is -0.497 e. The molecule has 0 radical (unpaired) electrons. The van der Waals surface area contributed by atoms with Crippen LogP contribution in [0, 0.1) is 13.8 Å². The molecule has 2 heterocycles. The number of hydrogen-bond donors (Lipinski definition) is 1. The molecule has 0 spiro atoms. The number of aromatic nitrogens is 2. The van der Waals surface area contributed by atoms with Crippen LogP contribution in [0.15, 0.2) is 60.3 Å². The Hall–Kier alpha value is -3.01. The van der Waals surface area contributed by atoms with Crippen LogP contribution in [-0.4, -0.2) is 28.5 Å². The summed E-state index contributed by atoms with van der Waals surface area (Å²) in [5.41, 5.74) is 7.31. The lowest BCUT2D eigenvalue weighted by molar-refractivity contribution is 0.200. The zero-order chi connectivity index (χ0) is 21.6. The number of benzene rings is 2. The molecule has 4 heteroatoms. The topological polar surface area (TPSA) is 41.1 Å². The van der Waals surface area contributed by atoms with E-state index in [1.165, 1.54) is 28.8 Å². The summed E-state index contributed by atoms with van der Waals surface area (Å²) in [5.74, 6) is 2.37. The van der Waals surface area contributed by atoms with Crippen molar-refractivity contribution in [1.29, 1.82) is 0 Å². The van der Waals surface area contributed by atoms with Crippen molar-refractivity contribution < 1.29 is 4.74 Å². The van der Waals surface area contributed by atoms with Gasteiger partial charge in [-0.25, -0.2) is 4.98 Å². The maximum absolute atomic E-state index is 5.33. The molecule has 1 fully saturated rings. The smallest absolute Gasteiger partial charge is 0.132 e. The molecule has 1 N–H and O–H groups in total. The SMILES string of the molecule is COc1ccc(C2C=C(N3CCC[C@@]3(C)c3nc4c(C)c(C)ccc4[nH]3)C=CC2)cc1. The van der Waals surface area contributed by atoms with Gasteiger partial charge in [0.05, 0.1) is 23.7 Å². The number of ether oxygens (including phenoxy) is 1. The summed E-state index contributed by atoms with van der Waals surface area (Å²) in [5, 5.41) is 0. The third kappa shape index (κ3) is 3.34. The number of likely N-dealkylation sites (tertiary alicyclic amines) is 1. The standard InChI is InChI=1S/C27H31N3O/c1-18-9-14-24-25(19(18)2)29-26(28-24)27(3)15-6-16-30(27)22-8-5-7-21(17-22)20-10-12-23(31-4)13-11-20/h5,8-14,17,21H,6-7,15-16H2,1-4H3,(H,28,29)/t21?,27-/m0/s1. The second-order valence-corrected chi connectivity index (χ2v) is 9.13. The van der Waals surface area contributed by atoms with Crippen LogP contribution in [0.3, 0.4) is 0 Å². The lowest BCUT2D eigenvalue weighted by Crippen LogP contribution is -2.39. The van der Waals surface area contributed by atoms with Gasteiger partial charge in [-0.1, -0.05) is 30.4 Å². The van der Waals surface area contributed by atoms with Gasteiger partial charge in [0.15, 0.2) is 0 Å². The fourth-order valence-corrected chi connectivity index (χ4v) is 5.12. The molecule has 0 bridgehead atoms. The van der Waals surface area contributed by atoms with E-state index in [4.69, 9.17) is 9.72 Å². The van der Waals surface area contributed by atoms with E-state index in [1.54, 1.807) is 7.11 Å². The molecule has 1 unspecified atom stereocenters. The Kier molecular flexibility index (Phi) is 4.88. The van der Waals surface area contributed by atoms with Crippen LogP contribution in [0.25, 0.3) is 11.0 Å². The summed E-state index contributed by atoms with van der Waals surface area (Å²) in [6, 6.07) is 12.8. The van der Waals surface area contributed by atoms with Crippen molar-refractivity contribution in [2.75, 3.05) is 13.7 Å². The predicted molar refractivity (Wildman–Crippen MR) is 126 cm³/mol. The highest BCUT2D eigenvalue weighted by atomic mass is 16.5. The Morgan fingerprint density at radius 2 is 1.94 bits per heavy atom. The normalized spacial score (nSPS) is 23.4. The van der Waals surface area contributed by atoms with Crippen molar-refractivity contribution in [2.24, 2.45) is 0 Å². The van der Waals surface area contributed by atoms with Crippen molar-refractivity contribution in [3.05, 3.63) is 82.8 Å². The molecule has 0 saturated carbocycles. The average Bonchev–Trinajstić information content (AvgIpc) is 3.42. The van der Waals surface area contributed by atoms with Crippen LogP contribution in [0.2, 0.25) is 0 Å². The minimum atomic E-state index is -0.128. The van der Waals surface area contributed by atoms with Gasteiger partial charge in [0, 0.05) is 18.2 Å². The quantitative estimate of drug-likeness (QED) is 0.560. The number of imidazole rings is 1. The molecule has 1 aromatic heterocycles. The number of methoxy groups -OCH3 is 1. The number of hydrogen-bond acceptors (Lipinski definition) is 3. The molecule has 3 aromatic rings. The van der Waals surface area contributed by atoms with Crippen molar-refractivity contribution in [3.8, 4) is 5.75 Å². The van der Waals surface area contributed by atoms with Crippen molar-refractivity contribution >= 4 is 11.0 Å². The van der Waals surface area contributed by atoms with E-state index >= 15 is 0 Å². The fraction of sp³-hybridized carbons (Fsp3) is 0.370. The summed E-state index contributed by atoms with van der Waals surface area (Å²) in [6.45, 7) is 7.72. The number of aryl methyl sites for hydroxylation is 2. The highest BCUT2D eigenvalue weighted by molar-refractivity contribution is 5.80. The van der Waals surface area contributed by atoms with Gasteiger partial charge in [0.1, 0.15) is 11.6 Å². The first kappa shape index (κ1) is 19.9. The van der Waals surface area contributed by atoms with Crippen molar-refractivity contribution in [1.82, 2.24) is 14.9 Å². The molecule has 4 nitrogen and oxygen atoms in total. The van der Waals surface area contributed by atoms with E-state index in [9.17, 15) is 0 Å². The van der Waals surface area contributed by atoms with Gasteiger partial charge in [-0.15, -0.1) is 0 Å². The van der Waals surface area contributed by atoms with E-state index in [1.807, 2.05) is 0 Å². The number of nitrogens with zero attached hydrogens (tertiary/aromatic N) is 2. The van der Waals surface area contributed by atoms with Crippen LogP contribution in [0.1, 0.15) is 54.6 Å². The molecular formula is C27H31N3O. The van der Waals surface area contributed by atoms with Crippen LogP contribution in [-0.2, 0) is 5.54 Å². The van der Waals surface area contributed by atoms with Gasteiger partial charge in [0.2, 0.25) is 0 Å². The zero-order valence-corrected chi connectivity index (χ0v) is 18.9. The zero-order valence-electron chi connectivity index (χ0n) is 18.9. The van der Waals surface area contributed by atoms with Gasteiger partial charge >= 0.3 is 0 Å². The first-order valence-corrected chi connectivity index (χ1v) is 11.3. The Bertz CT molecular complexity index is 1170. The number of H-pyrrole nitrogens is 1. The van der Waals surface area contributed by atoms with Crippen LogP contribution in [0.5, 0.6) is 5.75 Å². The minimum absolute atomic E-state index is 0.128. The van der Waals surface area contributed by atoms with Gasteiger partial charge < -0.3 is 14.6 Å². The Balaban J connectivity index is 1.49. The molecule has 2 aliphatic rings. The lowest BCUT2D eigenvalue weighted by atomic mass is 9.90. The molecule has 2 aromatic carbocycles. The number of aromatic amines is 1. The number of fused-ring (bicyclic) bond motifs is 1. The van der Waals surface area contributed by atoms with Gasteiger partial charge in [-0.05, 0) is 81.0 Å². The van der Waals surface area contributed by atoms with Crippen LogP contribution < -0.4 is 4.74 Å². The first-order valence-electron chi connectivity index (χ1n) is 11.3. The van der Waals surface area contributed by atoms with E-state index in [0.717, 1.165) is 42.0 Å². The second kappa shape index (κ2) is 7.60. The fourth-order valence-electron chi connectivity index (χ4n) is 5.12. The monoisotopic (exact) mass is 413 g/mol. The number of nitrogens with one attached hydrogen (secondary N) is 1. The molecule has 5 rings (SSSR count). The molecule has 160 valence electrons. The van der Waals surface area contributed by atoms with Crippen LogP contribution >= 0.6 is 0 Å². The largest absolute Gasteiger partial charge is 0.497 e. The highest BCUT2D eigenvalue weighted by Crippen LogP contribution is 2.43. The maximum Gasteiger partial charge on any atom is 0.132 e. The van der Waals surface area contributed by atoms with E-state index in [2.05, 4.69) is 85.3 Å². The lowest BCUT2D eigenvalue weighted by Gasteiger charge is -2.37. The molecule has 1 aliphatic carbocycles. The summed E-state index contributed by atoms with van der Waals surface area (Å²) >= 11 is 0. The van der Waals surface area contributed by atoms with Crippen molar-refractivity contribution in [2.45, 2.75) is 51.5 Å². The molecule has 1 saturated heterocycles. The third-order valence-electron chi connectivity index (χ3n) is 7.24. The number of allylic oxidation sites excluding steroid dienone is 3. The highest BCUT2D eigenvalue weighted by Gasteiger charge is 2.41. The molecule has 1 aliphatic heterocycles. The van der Waals surface area contributed by atoms with E-state index in [-0.39, 0.29) is 5.54 Å². The first-order chi connectivity index (χ1) is 15.0. The summed E-state index contributed by atoms with van der Waals surface area (Å²) in [6.07, 6.45) is 10.3. The Morgan fingerprint density at radius 3 is 2.71 bits per heavy atom. The molecule has 31 heavy (non-hydrogen) atoms. The summed E-state index contributed by atoms with van der Waals surface area (Å²) in [7, 11) is 1.71. The summed E-state index contributed by atoms with van der Waals surface area (Å²) < 4.78 is 5.33. The summed E-state index contributed by atoms with van der Waals surface area (Å²) in [4.78, 5) is 11.3. The number of rotatable bonds is 4. The van der Waals surface area contributed by atoms with Gasteiger partial charge in [-0.3, -0.25) is 0 Å². The van der Waals surface area contributed by atoms with Crippen LogP contribution in [0.4, 0.5) is 0 Å². The maximum atomic E-state index is 5.33. The van der Waals surface area contributed by atoms with Gasteiger partial charge in [0.25, 0.3) is 0 Å². The van der Waals surface area contributed by atoms with E-state index < -0.39 is 0 Å². The van der Waals surface area contributed by atoms with Gasteiger partial charge in [-0.2, -0.15) is 0 Å². The van der Waals surface area contributed by atoms with Crippen molar-refractivity contribution in [3.63, 3.8) is 0 Å². The average molecular weight is 414 g/mol. The molecule has 0 amide bonds.